The van der Waals surface area contributed by atoms with Gasteiger partial charge in [0.05, 0.1) is 0 Å². The predicted molar refractivity (Wildman–Crippen MR) is 77.2 cm³/mol. The molecule has 132 valence electrons. The highest BCUT2D eigenvalue weighted by molar-refractivity contribution is 5.75. The Morgan fingerprint density at radius 2 is 1.04 bits per heavy atom. The van der Waals surface area contributed by atoms with Crippen LogP contribution in [0.25, 0.3) is 0 Å². The molecule has 0 aliphatic rings. The smallest absolute Gasteiger partial charge is 0.320 e. The molecule has 0 rings (SSSR count). The van der Waals surface area contributed by atoms with E-state index >= 15 is 0 Å². The quantitative estimate of drug-likeness (QED) is 0.220. The van der Waals surface area contributed by atoms with Gasteiger partial charge in [-0.1, -0.05) is 0 Å². The summed E-state index contributed by atoms with van der Waals surface area (Å²) >= 11 is 0. The highest BCUT2D eigenvalue weighted by atomic mass is 16.4. The molecule has 0 saturated carbocycles. The second-order valence-electron chi connectivity index (χ2n) is 4.91. The van der Waals surface area contributed by atoms with Gasteiger partial charge in [-0.05, 0) is 32.4 Å². The summed E-state index contributed by atoms with van der Waals surface area (Å²) in [7, 11) is 0. The molecule has 0 bridgehead atoms. The van der Waals surface area contributed by atoms with E-state index in [9.17, 15) is 19.2 Å². The van der Waals surface area contributed by atoms with Crippen molar-refractivity contribution in [3.05, 3.63) is 0 Å². The molecule has 0 heterocycles. The first kappa shape index (κ1) is 20.8. The highest BCUT2D eigenvalue weighted by Crippen LogP contribution is 2.00. The summed E-state index contributed by atoms with van der Waals surface area (Å²) < 4.78 is 0. The van der Waals surface area contributed by atoms with Gasteiger partial charge in [-0.15, -0.1) is 0 Å². The number of carboxylic acids is 4. The van der Waals surface area contributed by atoms with Crippen LogP contribution in [0.3, 0.4) is 0 Å². The molecule has 0 amide bonds. The maximum absolute atomic E-state index is 10.9. The van der Waals surface area contributed by atoms with E-state index in [0.29, 0.717) is 6.42 Å². The molecule has 0 saturated heterocycles. The van der Waals surface area contributed by atoms with E-state index in [4.69, 9.17) is 20.4 Å². The first-order valence-electron chi connectivity index (χ1n) is 7.10. The molecule has 2 unspecified atom stereocenters. The summed E-state index contributed by atoms with van der Waals surface area (Å²) in [5.41, 5.74) is 0. The normalized spacial score (nSPS) is 13.2. The Morgan fingerprint density at radius 3 is 1.30 bits per heavy atom. The van der Waals surface area contributed by atoms with Crippen LogP contribution in [0.2, 0.25) is 0 Å². The van der Waals surface area contributed by atoms with Crippen molar-refractivity contribution in [2.24, 2.45) is 0 Å². The minimum atomic E-state index is -1.15. The van der Waals surface area contributed by atoms with Gasteiger partial charge in [-0.3, -0.25) is 19.2 Å². The number of hydrogen-bond acceptors (Lipinski definition) is 6. The number of carboxylic acid groups (broad SMARTS) is 4. The lowest BCUT2D eigenvalue weighted by atomic mass is 10.1. The van der Waals surface area contributed by atoms with Gasteiger partial charge in [-0.25, -0.2) is 0 Å². The minimum absolute atomic E-state index is 0.0472. The molecule has 0 aromatic rings. The van der Waals surface area contributed by atoms with Crippen LogP contribution in [0.5, 0.6) is 0 Å². The predicted octanol–water partition coefficient (Wildman–Crippen LogP) is -0.808. The topological polar surface area (TPSA) is 173 Å². The second kappa shape index (κ2) is 11.4. The minimum Gasteiger partial charge on any atom is -0.481 e. The molecule has 10 heteroatoms. The first-order valence-corrected chi connectivity index (χ1v) is 7.10. The van der Waals surface area contributed by atoms with Crippen LogP contribution >= 0.6 is 0 Å². The molecule has 0 fully saturated rings. The zero-order chi connectivity index (χ0) is 17.8. The van der Waals surface area contributed by atoms with Crippen molar-refractivity contribution < 1.29 is 39.6 Å². The SMILES string of the molecule is O=C(O)CCC(NCCCNC(CCC(=O)O)C(=O)O)C(=O)O. The second-order valence-corrected chi connectivity index (χ2v) is 4.91. The molecule has 0 aliphatic heterocycles. The van der Waals surface area contributed by atoms with Crippen LogP contribution in [0.4, 0.5) is 0 Å². The molecule has 0 spiro atoms. The third-order valence-electron chi connectivity index (χ3n) is 3.02. The molecule has 0 radical (unpaired) electrons. The lowest BCUT2D eigenvalue weighted by Gasteiger charge is -2.15. The molecule has 0 aliphatic carbocycles. The molecule has 23 heavy (non-hydrogen) atoms. The van der Waals surface area contributed by atoms with Crippen LogP contribution in [-0.4, -0.2) is 69.5 Å². The summed E-state index contributed by atoms with van der Waals surface area (Å²) in [6.45, 7) is 0.518. The molecule has 0 aromatic heterocycles. The summed E-state index contributed by atoms with van der Waals surface area (Å²) in [6.07, 6.45) is -0.215. The van der Waals surface area contributed by atoms with Crippen LogP contribution in [0.1, 0.15) is 32.1 Å². The standard InChI is InChI=1S/C13H22N2O8/c16-10(17)4-2-8(12(20)21)14-6-1-7-15-9(13(22)23)3-5-11(18)19/h8-9,14-15H,1-7H2,(H,16,17)(H,18,19)(H,20,21)(H,22,23). The van der Waals surface area contributed by atoms with Crippen LogP contribution in [-0.2, 0) is 19.2 Å². The van der Waals surface area contributed by atoms with E-state index in [-0.39, 0.29) is 38.8 Å². The van der Waals surface area contributed by atoms with Crippen molar-refractivity contribution >= 4 is 23.9 Å². The Balaban J connectivity index is 4.02. The average Bonchev–Trinajstić information content (AvgIpc) is 2.43. The first-order chi connectivity index (χ1) is 10.7. The van der Waals surface area contributed by atoms with E-state index in [2.05, 4.69) is 10.6 Å². The van der Waals surface area contributed by atoms with Crippen LogP contribution in [0, 0.1) is 0 Å². The highest BCUT2D eigenvalue weighted by Gasteiger charge is 2.19. The fraction of sp³-hybridized carbons (Fsp3) is 0.692. The zero-order valence-corrected chi connectivity index (χ0v) is 12.5. The van der Waals surface area contributed by atoms with Gasteiger partial charge < -0.3 is 31.1 Å². The van der Waals surface area contributed by atoms with E-state index in [1.165, 1.54) is 0 Å². The van der Waals surface area contributed by atoms with Crippen molar-refractivity contribution in [2.75, 3.05) is 13.1 Å². The monoisotopic (exact) mass is 334 g/mol. The largest absolute Gasteiger partial charge is 0.481 e. The van der Waals surface area contributed by atoms with Crippen molar-refractivity contribution in [1.29, 1.82) is 0 Å². The Bertz CT molecular complexity index is 388. The third kappa shape index (κ3) is 11.1. The van der Waals surface area contributed by atoms with Gasteiger partial charge in [0.2, 0.25) is 0 Å². The Labute approximate surface area is 132 Å². The molecule has 2 atom stereocenters. The molecule has 6 N–H and O–H groups in total. The van der Waals surface area contributed by atoms with E-state index < -0.39 is 36.0 Å². The lowest BCUT2D eigenvalue weighted by Crippen LogP contribution is -2.41. The van der Waals surface area contributed by atoms with Gasteiger partial charge in [-0.2, -0.15) is 0 Å². The van der Waals surface area contributed by atoms with Crippen molar-refractivity contribution in [1.82, 2.24) is 10.6 Å². The molecular formula is C13H22N2O8. The van der Waals surface area contributed by atoms with Crippen molar-refractivity contribution in [2.45, 2.75) is 44.2 Å². The Morgan fingerprint density at radius 1 is 0.696 bits per heavy atom. The number of aliphatic carboxylic acids is 4. The van der Waals surface area contributed by atoms with Gasteiger partial charge in [0, 0.05) is 12.8 Å². The van der Waals surface area contributed by atoms with Crippen molar-refractivity contribution in [3.8, 4) is 0 Å². The maximum Gasteiger partial charge on any atom is 0.320 e. The van der Waals surface area contributed by atoms with Gasteiger partial charge in [0.25, 0.3) is 0 Å². The summed E-state index contributed by atoms with van der Waals surface area (Å²) in [4.78, 5) is 42.7. The molecule has 0 aromatic carbocycles. The average molecular weight is 334 g/mol. The summed E-state index contributed by atoms with van der Waals surface area (Å²) in [5.74, 6) is -4.46. The van der Waals surface area contributed by atoms with Gasteiger partial charge >= 0.3 is 23.9 Å². The Hall–Kier alpha value is -2.20. The van der Waals surface area contributed by atoms with Crippen LogP contribution < -0.4 is 10.6 Å². The number of hydrogen-bond donors (Lipinski definition) is 6. The lowest BCUT2D eigenvalue weighted by molar-refractivity contribution is -0.142. The summed E-state index contributed by atoms with van der Waals surface area (Å²) in [5, 5.41) is 40.3. The van der Waals surface area contributed by atoms with E-state index in [1.54, 1.807) is 0 Å². The van der Waals surface area contributed by atoms with Crippen molar-refractivity contribution in [3.63, 3.8) is 0 Å². The fourth-order valence-corrected chi connectivity index (χ4v) is 1.80. The molecule has 10 nitrogen and oxygen atoms in total. The zero-order valence-electron chi connectivity index (χ0n) is 12.5. The maximum atomic E-state index is 10.9. The number of carbonyl (C=O) groups is 4. The van der Waals surface area contributed by atoms with Gasteiger partial charge in [0.1, 0.15) is 12.1 Å². The third-order valence-corrected chi connectivity index (χ3v) is 3.02. The van der Waals surface area contributed by atoms with Gasteiger partial charge in [0.15, 0.2) is 0 Å². The van der Waals surface area contributed by atoms with Crippen LogP contribution in [0.15, 0.2) is 0 Å². The van der Waals surface area contributed by atoms with E-state index in [1.807, 2.05) is 0 Å². The summed E-state index contributed by atoms with van der Waals surface area (Å²) in [6, 6.07) is -1.96. The number of rotatable bonds is 14. The van der Waals surface area contributed by atoms with E-state index in [0.717, 1.165) is 0 Å². The molecular weight excluding hydrogens is 312 g/mol. The fourth-order valence-electron chi connectivity index (χ4n) is 1.80. The number of nitrogens with one attached hydrogen (secondary N) is 2. The Kier molecular flexibility index (Phi) is 10.3.